The summed E-state index contributed by atoms with van der Waals surface area (Å²) in [7, 11) is 0. The van der Waals surface area contributed by atoms with Gasteiger partial charge in [0.05, 0.1) is 5.69 Å². The van der Waals surface area contributed by atoms with Gasteiger partial charge < -0.3 is 15.4 Å². The van der Waals surface area contributed by atoms with Gasteiger partial charge in [0.15, 0.2) is 0 Å². The lowest BCUT2D eigenvalue weighted by atomic mass is 10.1. The summed E-state index contributed by atoms with van der Waals surface area (Å²) in [5.41, 5.74) is 0.590. The van der Waals surface area contributed by atoms with Gasteiger partial charge in [-0.1, -0.05) is 0 Å². The molecule has 6 nitrogen and oxygen atoms in total. The number of carbonyl (C=O) groups excluding carboxylic acids is 1. The Labute approximate surface area is 126 Å². The van der Waals surface area contributed by atoms with Gasteiger partial charge in [0, 0.05) is 24.3 Å². The summed E-state index contributed by atoms with van der Waals surface area (Å²) in [5.74, 6) is 0. The van der Waals surface area contributed by atoms with Crippen molar-refractivity contribution in [3.63, 3.8) is 0 Å². The molecule has 0 aliphatic heterocycles. The number of alkyl carbamates (subject to hydrolysis) is 1. The highest BCUT2D eigenvalue weighted by atomic mass is 16.6. The van der Waals surface area contributed by atoms with Gasteiger partial charge in [-0.2, -0.15) is 5.10 Å². The Morgan fingerprint density at radius 3 is 2.76 bits per heavy atom. The monoisotopic (exact) mass is 294 g/mol. The summed E-state index contributed by atoms with van der Waals surface area (Å²) < 4.78 is 5.33. The minimum atomic E-state index is -0.463. The molecule has 1 saturated carbocycles. The molecule has 1 fully saturated rings. The number of H-pyrrole nitrogens is 1. The largest absolute Gasteiger partial charge is 0.444 e. The Morgan fingerprint density at radius 2 is 2.14 bits per heavy atom. The molecule has 1 heterocycles. The van der Waals surface area contributed by atoms with Crippen LogP contribution in [0.15, 0.2) is 12.3 Å². The molecule has 1 amide bonds. The van der Waals surface area contributed by atoms with Crippen LogP contribution in [-0.4, -0.2) is 34.0 Å². The van der Waals surface area contributed by atoms with Gasteiger partial charge in [0.1, 0.15) is 5.60 Å². The van der Waals surface area contributed by atoms with Crippen LogP contribution in [0.3, 0.4) is 0 Å². The molecule has 0 aromatic carbocycles. The van der Waals surface area contributed by atoms with Crippen molar-refractivity contribution < 1.29 is 9.53 Å². The molecule has 3 unspecified atom stereocenters. The van der Waals surface area contributed by atoms with E-state index in [1.807, 2.05) is 26.8 Å². The van der Waals surface area contributed by atoms with E-state index in [0.717, 1.165) is 25.0 Å². The second-order valence-electron chi connectivity index (χ2n) is 6.69. The normalized spacial score (nSPS) is 23.8. The first-order valence-electron chi connectivity index (χ1n) is 7.60. The van der Waals surface area contributed by atoms with E-state index in [1.54, 1.807) is 6.20 Å². The van der Waals surface area contributed by atoms with Crippen LogP contribution in [0.2, 0.25) is 0 Å². The van der Waals surface area contributed by atoms with E-state index in [0.29, 0.717) is 0 Å². The zero-order chi connectivity index (χ0) is 15.5. The fourth-order valence-corrected chi connectivity index (χ4v) is 2.71. The first kappa shape index (κ1) is 15.8. The zero-order valence-electron chi connectivity index (χ0n) is 13.3. The Morgan fingerprint density at radius 1 is 1.43 bits per heavy atom. The van der Waals surface area contributed by atoms with Gasteiger partial charge in [0.25, 0.3) is 0 Å². The molecule has 21 heavy (non-hydrogen) atoms. The average molecular weight is 294 g/mol. The highest BCUT2D eigenvalue weighted by Crippen LogP contribution is 2.22. The van der Waals surface area contributed by atoms with Crippen molar-refractivity contribution in [1.29, 1.82) is 0 Å². The summed E-state index contributed by atoms with van der Waals surface area (Å²) >= 11 is 0. The number of aromatic amines is 1. The molecule has 0 bridgehead atoms. The van der Waals surface area contributed by atoms with E-state index in [4.69, 9.17) is 4.74 Å². The van der Waals surface area contributed by atoms with Crippen LogP contribution in [0, 0.1) is 0 Å². The molecule has 1 aromatic heterocycles. The summed E-state index contributed by atoms with van der Waals surface area (Å²) in [6.45, 7) is 7.71. The molecule has 3 atom stereocenters. The first-order chi connectivity index (χ1) is 9.85. The Balaban J connectivity index is 1.87. The quantitative estimate of drug-likeness (QED) is 0.797. The zero-order valence-corrected chi connectivity index (χ0v) is 13.3. The van der Waals surface area contributed by atoms with Gasteiger partial charge in [0.2, 0.25) is 0 Å². The Hall–Kier alpha value is -1.56. The number of ether oxygens (including phenoxy) is 1. The summed E-state index contributed by atoms with van der Waals surface area (Å²) in [6, 6.07) is 2.52. The predicted molar refractivity (Wildman–Crippen MR) is 80.9 cm³/mol. The number of rotatable bonds is 4. The average Bonchev–Trinajstić information content (AvgIpc) is 2.98. The van der Waals surface area contributed by atoms with Crippen LogP contribution < -0.4 is 10.6 Å². The molecule has 118 valence electrons. The molecular weight excluding hydrogens is 268 g/mol. The second-order valence-corrected chi connectivity index (χ2v) is 6.69. The topological polar surface area (TPSA) is 79.0 Å². The van der Waals surface area contributed by atoms with E-state index >= 15 is 0 Å². The number of carbonyl (C=O) groups is 1. The van der Waals surface area contributed by atoms with Gasteiger partial charge >= 0.3 is 6.09 Å². The molecule has 1 aromatic rings. The maximum absolute atomic E-state index is 11.9. The van der Waals surface area contributed by atoms with Gasteiger partial charge in [-0.15, -0.1) is 0 Å². The maximum atomic E-state index is 11.9. The predicted octanol–water partition coefficient (Wildman–Crippen LogP) is 2.51. The standard InChI is InChI=1S/C15H26N4O2/c1-10(11-8-9-16-19-11)17-12-6-5-7-13(12)18-14(20)21-15(2,3)4/h8-10,12-13,17H,5-7H2,1-4H3,(H,16,19)(H,18,20). The Bertz CT molecular complexity index is 453. The minimum absolute atomic E-state index is 0.116. The third-order valence-corrected chi connectivity index (χ3v) is 3.67. The lowest BCUT2D eigenvalue weighted by Gasteiger charge is -2.27. The molecule has 1 aliphatic rings. The minimum Gasteiger partial charge on any atom is -0.444 e. The van der Waals surface area contributed by atoms with E-state index < -0.39 is 5.60 Å². The number of nitrogens with zero attached hydrogens (tertiary/aromatic N) is 1. The SMILES string of the molecule is CC(NC1CCCC1NC(=O)OC(C)(C)C)c1ccn[nH]1. The first-order valence-corrected chi connectivity index (χ1v) is 7.60. The van der Waals surface area contributed by atoms with Crippen molar-refractivity contribution in [2.45, 2.75) is 70.7 Å². The fraction of sp³-hybridized carbons (Fsp3) is 0.733. The highest BCUT2D eigenvalue weighted by molar-refractivity contribution is 5.68. The third-order valence-electron chi connectivity index (χ3n) is 3.67. The van der Waals surface area contributed by atoms with Crippen molar-refractivity contribution in [3.8, 4) is 0 Å². The lowest BCUT2D eigenvalue weighted by molar-refractivity contribution is 0.0497. The van der Waals surface area contributed by atoms with E-state index in [2.05, 4.69) is 27.8 Å². The van der Waals surface area contributed by atoms with Crippen molar-refractivity contribution >= 4 is 6.09 Å². The van der Waals surface area contributed by atoms with Crippen LogP contribution in [0.1, 0.15) is 58.7 Å². The molecule has 3 N–H and O–H groups in total. The van der Waals surface area contributed by atoms with Crippen molar-refractivity contribution in [1.82, 2.24) is 20.8 Å². The third kappa shape index (κ3) is 4.74. The molecule has 1 aliphatic carbocycles. The number of hydrogen-bond donors (Lipinski definition) is 3. The van der Waals surface area contributed by atoms with Crippen molar-refractivity contribution in [3.05, 3.63) is 18.0 Å². The van der Waals surface area contributed by atoms with Crippen LogP contribution >= 0.6 is 0 Å². The van der Waals surface area contributed by atoms with Crippen LogP contribution in [0.4, 0.5) is 4.79 Å². The molecule has 2 rings (SSSR count). The number of hydrogen-bond acceptors (Lipinski definition) is 4. The number of nitrogens with one attached hydrogen (secondary N) is 3. The van der Waals surface area contributed by atoms with Crippen molar-refractivity contribution in [2.24, 2.45) is 0 Å². The van der Waals surface area contributed by atoms with E-state index in [1.165, 1.54) is 0 Å². The highest BCUT2D eigenvalue weighted by Gasteiger charge is 2.31. The fourth-order valence-electron chi connectivity index (χ4n) is 2.71. The molecule has 0 spiro atoms. The van der Waals surface area contributed by atoms with Crippen LogP contribution in [-0.2, 0) is 4.74 Å². The smallest absolute Gasteiger partial charge is 0.407 e. The molecule has 0 radical (unpaired) electrons. The van der Waals surface area contributed by atoms with Gasteiger partial charge in [-0.25, -0.2) is 4.79 Å². The lowest BCUT2D eigenvalue weighted by Crippen LogP contribution is -2.48. The van der Waals surface area contributed by atoms with E-state index in [-0.39, 0.29) is 24.2 Å². The molecular formula is C15H26N4O2. The summed E-state index contributed by atoms with van der Waals surface area (Å²) in [5, 5.41) is 13.5. The van der Waals surface area contributed by atoms with Gasteiger partial charge in [-0.05, 0) is 53.0 Å². The molecule has 0 saturated heterocycles. The Kier molecular flexibility index (Phi) is 4.88. The maximum Gasteiger partial charge on any atom is 0.407 e. The summed E-state index contributed by atoms with van der Waals surface area (Å²) in [6.07, 6.45) is 4.55. The molecule has 6 heteroatoms. The second kappa shape index (κ2) is 6.47. The number of amides is 1. The van der Waals surface area contributed by atoms with Gasteiger partial charge in [-0.3, -0.25) is 5.10 Å². The van der Waals surface area contributed by atoms with Crippen LogP contribution in [0.5, 0.6) is 0 Å². The summed E-state index contributed by atoms with van der Waals surface area (Å²) in [4.78, 5) is 11.9. The van der Waals surface area contributed by atoms with Crippen LogP contribution in [0.25, 0.3) is 0 Å². The number of aromatic nitrogens is 2. The van der Waals surface area contributed by atoms with Crippen molar-refractivity contribution in [2.75, 3.05) is 0 Å². The van der Waals surface area contributed by atoms with E-state index in [9.17, 15) is 4.79 Å².